The summed E-state index contributed by atoms with van der Waals surface area (Å²) in [4.78, 5) is 17.4. The molecule has 1 N–H and O–H groups in total. The summed E-state index contributed by atoms with van der Waals surface area (Å²) in [5.74, 6) is 0.522. The standard InChI is InChI=1S/C21H32N2O3S/c1-2-8-23-9-6-21(7-10-23)19-17(5-12-26-21)13-18(27-19)20(24)22-14-16-4-3-11-25-15-16/h13,16H,2-12,14-15H2,1H3,(H,22,24). The second-order valence-electron chi connectivity index (χ2n) is 8.19. The van der Waals surface area contributed by atoms with Gasteiger partial charge in [0.05, 0.1) is 18.1 Å². The number of hydrogen-bond acceptors (Lipinski definition) is 5. The van der Waals surface area contributed by atoms with E-state index in [9.17, 15) is 4.79 Å². The number of fused-ring (bicyclic) bond motifs is 2. The second kappa shape index (κ2) is 8.60. The number of nitrogens with zero attached hydrogens (tertiary/aromatic N) is 1. The minimum absolute atomic E-state index is 0.0681. The third-order valence-electron chi connectivity index (χ3n) is 6.21. The van der Waals surface area contributed by atoms with Crippen LogP contribution in [0.2, 0.25) is 0 Å². The summed E-state index contributed by atoms with van der Waals surface area (Å²) in [7, 11) is 0. The summed E-state index contributed by atoms with van der Waals surface area (Å²) in [5, 5.41) is 3.14. The molecular weight excluding hydrogens is 360 g/mol. The Hall–Kier alpha value is -0.950. The van der Waals surface area contributed by atoms with Crippen molar-refractivity contribution in [2.24, 2.45) is 5.92 Å². The van der Waals surface area contributed by atoms with Crippen LogP contribution >= 0.6 is 11.3 Å². The highest BCUT2D eigenvalue weighted by molar-refractivity contribution is 7.14. The fraction of sp³-hybridized carbons (Fsp3) is 0.762. The summed E-state index contributed by atoms with van der Waals surface area (Å²) >= 11 is 1.66. The molecule has 4 rings (SSSR count). The third kappa shape index (κ3) is 4.24. The average molecular weight is 393 g/mol. The fourth-order valence-corrected chi connectivity index (χ4v) is 5.98. The predicted molar refractivity (Wildman–Crippen MR) is 107 cm³/mol. The van der Waals surface area contributed by atoms with Crippen LogP contribution in [0.5, 0.6) is 0 Å². The highest BCUT2D eigenvalue weighted by Crippen LogP contribution is 2.45. The van der Waals surface area contributed by atoms with Gasteiger partial charge in [0.25, 0.3) is 5.91 Å². The van der Waals surface area contributed by atoms with Gasteiger partial charge in [0, 0.05) is 31.1 Å². The average Bonchev–Trinajstić information content (AvgIpc) is 3.15. The normalized spacial score (nSPS) is 25.3. The number of amides is 1. The lowest BCUT2D eigenvalue weighted by Crippen LogP contribution is -2.46. The number of piperidine rings is 1. The van der Waals surface area contributed by atoms with Crippen molar-refractivity contribution in [1.29, 1.82) is 0 Å². The Bertz CT molecular complexity index is 646. The van der Waals surface area contributed by atoms with Crippen LogP contribution < -0.4 is 5.32 Å². The van der Waals surface area contributed by atoms with Crippen LogP contribution in [0, 0.1) is 5.92 Å². The van der Waals surface area contributed by atoms with Crippen molar-refractivity contribution in [2.45, 2.75) is 51.0 Å². The zero-order valence-corrected chi connectivity index (χ0v) is 17.2. The summed E-state index contributed by atoms with van der Waals surface area (Å²) in [6, 6.07) is 2.12. The van der Waals surface area contributed by atoms with E-state index in [1.807, 2.05) is 0 Å². The molecule has 0 aromatic carbocycles. The molecule has 1 atom stereocenters. The number of hydrogen-bond donors (Lipinski definition) is 1. The number of ether oxygens (including phenoxy) is 2. The molecule has 0 saturated carbocycles. The van der Waals surface area contributed by atoms with E-state index in [1.54, 1.807) is 11.3 Å². The highest BCUT2D eigenvalue weighted by atomic mass is 32.1. The minimum atomic E-state index is -0.155. The molecule has 1 aromatic heterocycles. The maximum atomic E-state index is 12.7. The SMILES string of the molecule is CCCN1CCC2(CC1)OCCc1cc(C(=O)NCC3CCCOC3)sc12. The van der Waals surface area contributed by atoms with Gasteiger partial charge in [-0.1, -0.05) is 6.92 Å². The first-order valence-corrected chi connectivity index (χ1v) is 11.4. The molecule has 1 aromatic rings. The molecule has 2 fully saturated rings. The predicted octanol–water partition coefficient (Wildman–Crippen LogP) is 3.18. The molecule has 1 unspecified atom stereocenters. The Kier molecular flexibility index (Phi) is 6.17. The monoisotopic (exact) mass is 392 g/mol. The van der Waals surface area contributed by atoms with Crippen molar-refractivity contribution in [3.05, 3.63) is 21.4 Å². The molecule has 2 saturated heterocycles. The van der Waals surface area contributed by atoms with Crippen molar-refractivity contribution >= 4 is 17.2 Å². The van der Waals surface area contributed by atoms with E-state index in [0.717, 1.165) is 76.4 Å². The highest BCUT2D eigenvalue weighted by Gasteiger charge is 2.42. The van der Waals surface area contributed by atoms with Gasteiger partial charge in [0.2, 0.25) is 0 Å². The van der Waals surface area contributed by atoms with Crippen molar-refractivity contribution in [3.63, 3.8) is 0 Å². The van der Waals surface area contributed by atoms with E-state index in [4.69, 9.17) is 9.47 Å². The van der Waals surface area contributed by atoms with E-state index in [-0.39, 0.29) is 11.5 Å². The van der Waals surface area contributed by atoms with Crippen molar-refractivity contribution in [3.8, 4) is 0 Å². The van der Waals surface area contributed by atoms with Crippen LogP contribution in [0.1, 0.15) is 59.1 Å². The maximum absolute atomic E-state index is 12.7. The summed E-state index contributed by atoms with van der Waals surface area (Å²) < 4.78 is 11.9. The third-order valence-corrected chi connectivity index (χ3v) is 7.57. The molecule has 1 amide bonds. The topological polar surface area (TPSA) is 50.8 Å². The molecular formula is C21H32N2O3S. The van der Waals surface area contributed by atoms with Gasteiger partial charge in [0.1, 0.15) is 5.60 Å². The Morgan fingerprint density at radius 2 is 2.22 bits per heavy atom. The molecule has 3 aliphatic rings. The lowest BCUT2D eigenvalue weighted by atomic mass is 9.85. The first kappa shape index (κ1) is 19.4. The van der Waals surface area contributed by atoms with E-state index >= 15 is 0 Å². The lowest BCUT2D eigenvalue weighted by Gasteiger charge is -2.43. The number of likely N-dealkylation sites (tertiary alicyclic amines) is 1. The second-order valence-corrected chi connectivity index (χ2v) is 9.24. The zero-order valence-electron chi connectivity index (χ0n) is 16.4. The van der Waals surface area contributed by atoms with Gasteiger partial charge >= 0.3 is 0 Å². The van der Waals surface area contributed by atoms with Gasteiger partial charge in [-0.05, 0) is 62.6 Å². The number of carbonyl (C=O) groups is 1. The first-order chi connectivity index (χ1) is 13.2. The summed E-state index contributed by atoms with van der Waals surface area (Å²) in [6.07, 6.45) is 6.46. The summed E-state index contributed by atoms with van der Waals surface area (Å²) in [5.41, 5.74) is 1.18. The van der Waals surface area contributed by atoms with Crippen LogP contribution in [0.25, 0.3) is 0 Å². The van der Waals surface area contributed by atoms with E-state index in [1.165, 1.54) is 23.4 Å². The van der Waals surface area contributed by atoms with E-state index in [0.29, 0.717) is 5.92 Å². The van der Waals surface area contributed by atoms with Crippen LogP contribution in [0.4, 0.5) is 0 Å². The molecule has 0 bridgehead atoms. The van der Waals surface area contributed by atoms with Gasteiger partial charge in [-0.2, -0.15) is 0 Å². The van der Waals surface area contributed by atoms with Gasteiger partial charge in [-0.25, -0.2) is 0 Å². The molecule has 4 heterocycles. The summed E-state index contributed by atoms with van der Waals surface area (Å²) in [6.45, 7) is 8.72. The van der Waals surface area contributed by atoms with Gasteiger partial charge < -0.3 is 19.7 Å². The molecule has 150 valence electrons. The van der Waals surface area contributed by atoms with Crippen molar-refractivity contribution in [1.82, 2.24) is 10.2 Å². The lowest BCUT2D eigenvalue weighted by molar-refractivity contribution is -0.0949. The Balaban J connectivity index is 1.42. The van der Waals surface area contributed by atoms with Crippen LogP contribution in [0.3, 0.4) is 0 Å². The van der Waals surface area contributed by atoms with E-state index < -0.39 is 0 Å². The number of thiophene rings is 1. The van der Waals surface area contributed by atoms with Gasteiger partial charge in [-0.3, -0.25) is 4.79 Å². The molecule has 0 radical (unpaired) electrons. The number of rotatable bonds is 5. The molecule has 27 heavy (non-hydrogen) atoms. The quantitative estimate of drug-likeness (QED) is 0.836. The molecule has 5 nitrogen and oxygen atoms in total. The van der Waals surface area contributed by atoms with Gasteiger partial charge in [0.15, 0.2) is 0 Å². The Labute approximate surface area is 166 Å². The van der Waals surface area contributed by atoms with Crippen molar-refractivity contribution < 1.29 is 14.3 Å². The minimum Gasteiger partial charge on any atom is -0.381 e. The zero-order chi connectivity index (χ0) is 18.7. The van der Waals surface area contributed by atoms with Gasteiger partial charge in [-0.15, -0.1) is 11.3 Å². The smallest absolute Gasteiger partial charge is 0.261 e. The van der Waals surface area contributed by atoms with Crippen LogP contribution in [-0.4, -0.2) is 56.8 Å². The molecule has 3 aliphatic heterocycles. The Morgan fingerprint density at radius 3 is 2.96 bits per heavy atom. The Morgan fingerprint density at radius 1 is 1.37 bits per heavy atom. The van der Waals surface area contributed by atoms with Crippen molar-refractivity contribution in [2.75, 3.05) is 46.0 Å². The number of nitrogens with one attached hydrogen (secondary N) is 1. The first-order valence-electron chi connectivity index (χ1n) is 10.6. The number of carbonyl (C=O) groups excluding carboxylic acids is 1. The molecule has 6 heteroatoms. The molecule has 1 spiro atoms. The van der Waals surface area contributed by atoms with Crippen LogP contribution in [-0.2, 0) is 21.5 Å². The molecule has 0 aliphatic carbocycles. The van der Waals surface area contributed by atoms with Crippen LogP contribution in [0.15, 0.2) is 6.07 Å². The fourth-order valence-electron chi connectivity index (χ4n) is 4.65. The largest absolute Gasteiger partial charge is 0.381 e. The maximum Gasteiger partial charge on any atom is 0.261 e. The van der Waals surface area contributed by atoms with E-state index in [2.05, 4.69) is 23.2 Å².